The standard InChI is InChI=1S/C13H21NO2/c1-10(2)11-7-5-6-8-12(11)14-9-13(15-3)16-4/h5-8,10,13-14H,9H2,1-4H3. The molecule has 0 aromatic heterocycles. The summed E-state index contributed by atoms with van der Waals surface area (Å²) >= 11 is 0. The minimum absolute atomic E-state index is 0.208. The van der Waals surface area contributed by atoms with Crippen LogP contribution in [0.1, 0.15) is 25.3 Å². The van der Waals surface area contributed by atoms with E-state index < -0.39 is 0 Å². The fourth-order valence-corrected chi connectivity index (χ4v) is 1.62. The molecule has 0 spiro atoms. The van der Waals surface area contributed by atoms with Crippen LogP contribution in [0.2, 0.25) is 0 Å². The van der Waals surface area contributed by atoms with E-state index in [4.69, 9.17) is 9.47 Å². The fraction of sp³-hybridized carbons (Fsp3) is 0.538. The van der Waals surface area contributed by atoms with Gasteiger partial charge in [-0.3, -0.25) is 0 Å². The molecule has 0 bridgehead atoms. The lowest BCUT2D eigenvalue weighted by molar-refractivity contribution is -0.0914. The summed E-state index contributed by atoms with van der Waals surface area (Å²) in [7, 11) is 3.29. The molecule has 1 aromatic rings. The number of hydrogen-bond acceptors (Lipinski definition) is 3. The Bertz CT molecular complexity index is 309. The highest BCUT2D eigenvalue weighted by molar-refractivity contribution is 5.52. The summed E-state index contributed by atoms with van der Waals surface area (Å²) in [6, 6.07) is 8.31. The van der Waals surface area contributed by atoms with Crippen molar-refractivity contribution in [2.24, 2.45) is 0 Å². The fourth-order valence-electron chi connectivity index (χ4n) is 1.62. The van der Waals surface area contributed by atoms with Gasteiger partial charge in [0.15, 0.2) is 6.29 Å². The highest BCUT2D eigenvalue weighted by atomic mass is 16.7. The molecule has 0 amide bonds. The topological polar surface area (TPSA) is 30.5 Å². The molecule has 90 valence electrons. The lowest BCUT2D eigenvalue weighted by atomic mass is 10.0. The van der Waals surface area contributed by atoms with Gasteiger partial charge in [-0.05, 0) is 17.5 Å². The first-order valence-corrected chi connectivity index (χ1v) is 5.57. The van der Waals surface area contributed by atoms with Crippen molar-refractivity contribution in [2.45, 2.75) is 26.1 Å². The molecule has 1 N–H and O–H groups in total. The van der Waals surface area contributed by atoms with E-state index >= 15 is 0 Å². The van der Waals surface area contributed by atoms with Crippen LogP contribution in [-0.4, -0.2) is 27.1 Å². The molecular weight excluding hydrogens is 202 g/mol. The minimum Gasteiger partial charge on any atom is -0.380 e. The summed E-state index contributed by atoms with van der Waals surface area (Å²) in [6.07, 6.45) is -0.208. The predicted octanol–water partition coefficient (Wildman–Crippen LogP) is 2.84. The maximum Gasteiger partial charge on any atom is 0.173 e. The number of methoxy groups -OCH3 is 2. The summed E-state index contributed by atoms with van der Waals surface area (Å²) < 4.78 is 10.3. The summed E-state index contributed by atoms with van der Waals surface area (Å²) in [5, 5.41) is 3.35. The van der Waals surface area contributed by atoms with Crippen LogP contribution in [-0.2, 0) is 9.47 Å². The lowest BCUT2D eigenvalue weighted by Gasteiger charge is -2.18. The number of nitrogens with one attached hydrogen (secondary N) is 1. The van der Waals surface area contributed by atoms with Crippen molar-refractivity contribution in [3.8, 4) is 0 Å². The molecule has 1 rings (SSSR count). The summed E-state index contributed by atoms with van der Waals surface area (Å²) in [4.78, 5) is 0. The summed E-state index contributed by atoms with van der Waals surface area (Å²) in [5.74, 6) is 0.507. The van der Waals surface area contributed by atoms with Gasteiger partial charge in [0.2, 0.25) is 0 Å². The second-order valence-corrected chi connectivity index (χ2v) is 4.02. The molecule has 3 nitrogen and oxygen atoms in total. The van der Waals surface area contributed by atoms with Crippen LogP contribution in [0.25, 0.3) is 0 Å². The molecule has 0 aliphatic rings. The van der Waals surface area contributed by atoms with Gasteiger partial charge in [0.05, 0.1) is 6.54 Å². The van der Waals surface area contributed by atoms with Gasteiger partial charge in [0, 0.05) is 19.9 Å². The highest BCUT2D eigenvalue weighted by Gasteiger charge is 2.08. The van der Waals surface area contributed by atoms with Crippen molar-refractivity contribution in [3.05, 3.63) is 29.8 Å². The van der Waals surface area contributed by atoms with E-state index in [1.165, 1.54) is 5.56 Å². The monoisotopic (exact) mass is 223 g/mol. The largest absolute Gasteiger partial charge is 0.380 e. The van der Waals surface area contributed by atoms with Gasteiger partial charge < -0.3 is 14.8 Å². The normalized spacial score (nSPS) is 11.1. The van der Waals surface area contributed by atoms with Gasteiger partial charge in [0.25, 0.3) is 0 Å². The molecular formula is C13H21NO2. The maximum absolute atomic E-state index is 5.14. The Morgan fingerprint density at radius 2 is 1.75 bits per heavy atom. The number of ether oxygens (including phenoxy) is 2. The number of anilines is 1. The van der Waals surface area contributed by atoms with Crippen molar-refractivity contribution >= 4 is 5.69 Å². The average molecular weight is 223 g/mol. The molecule has 16 heavy (non-hydrogen) atoms. The lowest BCUT2D eigenvalue weighted by Crippen LogP contribution is -2.24. The first kappa shape index (κ1) is 13.0. The van der Waals surface area contributed by atoms with Crippen LogP contribution in [0.15, 0.2) is 24.3 Å². The molecule has 0 saturated carbocycles. The van der Waals surface area contributed by atoms with Crippen LogP contribution in [0.4, 0.5) is 5.69 Å². The van der Waals surface area contributed by atoms with Crippen molar-refractivity contribution < 1.29 is 9.47 Å². The van der Waals surface area contributed by atoms with E-state index in [1.54, 1.807) is 14.2 Å². The zero-order valence-electron chi connectivity index (χ0n) is 10.5. The molecule has 0 aliphatic heterocycles. The quantitative estimate of drug-likeness (QED) is 0.752. The Hall–Kier alpha value is -1.06. The van der Waals surface area contributed by atoms with Gasteiger partial charge in [-0.25, -0.2) is 0 Å². The van der Waals surface area contributed by atoms with Crippen LogP contribution in [0, 0.1) is 0 Å². The SMILES string of the molecule is COC(CNc1ccccc1C(C)C)OC. The molecule has 0 aliphatic carbocycles. The molecule has 1 aromatic carbocycles. The zero-order chi connectivity index (χ0) is 12.0. The van der Waals surface area contributed by atoms with E-state index in [0.29, 0.717) is 12.5 Å². The van der Waals surface area contributed by atoms with Crippen LogP contribution in [0.3, 0.4) is 0 Å². The Labute approximate surface area is 97.8 Å². The van der Waals surface area contributed by atoms with Crippen LogP contribution >= 0.6 is 0 Å². The smallest absolute Gasteiger partial charge is 0.173 e. The minimum atomic E-state index is -0.208. The van der Waals surface area contributed by atoms with Gasteiger partial charge in [-0.15, -0.1) is 0 Å². The first-order chi connectivity index (χ1) is 7.69. The summed E-state index contributed by atoms with van der Waals surface area (Å²) in [5.41, 5.74) is 2.46. The van der Waals surface area contributed by atoms with E-state index in [9.17, 15) is 0 Å². The highest BCUT2D eigenvalue weighted by Crippen LogP contribution is 2.23. The molecule has 0 fully saturated rings. The Morgan fingerprint density at radius 1 is 1.12 bits per heavy atom. The predicted molar refractivity (Wildman–Crippen MR) is 66.8 cm³/mol. The van der Waals surface area contributed by atoms with Gasteiger partial charge >= 0.3 is 0 Å². The zero-order valence-corrected chi connectivity index (χ0v) is 10.5. The Morgan fingerprint density at radius 3 is 2.31 bits per heavy atom. The van der Waals surface area contributed by atoms with Gasteiger partial charge in [-0.1, -0.05) is 32.0 Å². The summed E-state index contributed by atoms with van der Waals surface area (Å²) in [6.45, 7) is 5.02. The third-order valence-corrected chi connectivity index (χ3v) is 2.57. The van der Waals surface area contributed by atoms with Gasteiger partial charge in [0.1, 0.15) is 0 Å². The molecule has 0 radical (unpaired) electrons. The maximum atomic E-state index is 5.14. The third-order valence-electron chi connectivity index (χ3n) is 2.57. The van der Waals surface area contributed by atoms with Crippen molar-refractivity contribution in [1.29, 1.82) is 0 Å². The van der Waals surface area contributed by atoms with E-state index in [1.807, 2.05) is 6.07 Å². The molecule has 0 atom stereocenters. The van der Waals surface area contributed by atoms with Crippen molar-refractivity contribution in [1.82, 2.24) is 0 Å². The average Bonchev–Trinajstić information content (AvgIpc) is 2.30. The number of rotatable bonds is 6. The first-order valence-electron chi connectivity index (χ1n) is 5.57. The Kier molecular flexibility index (Phi) is 5.29. The molecule has 0 unspecified atom stereocenters. The second kappa shape index (κ2) is 6.51. The van der Waals surface area contributed by atoms with Crippen molar-refractivity contribution in [2.75, 3.05) is 26.1 Å². The van der Waals surface area contributed by atoms with E-state index in [0.717, 1.165) is 5.69 Å². The van der Waals surface area contributed by atoms with E-state index in [2.05, 4.69) is 37.4 Å². The molecule has 0 saturated heterocycles. The second-order valence-electron chi connectivity index (χ2n) is 4.02. The van der Waals surface area contributed by atoms with Gasteiger partial charge in [-0.2, -0.15) is 0 Å². The number of hydrogen-bond donors (Lipinski definition) is 1. The Balaban J connectivity index is 2.66. The number of para-hydroxylation sites is 1. The van der Waals surface area contributed by atoms with Crippen LogP contribution in [0.5, 0.6) is 0 Å². The molecule has 0 heterocycles. The van der Waals surface area contributed by atoms with E-state index in [-0.39, 0.29) is 6.29 Å². The number of benzene rings is 1. The molecule has 3 heteroatoms. The van der Waals surface area contributed by atoms with Crippen LogP contribution < -0.4 is 5.32 Å². The van der Waals surface area contributed by atoms with Crippen molar-refractivity contribution in [3.63, 3.8) is 0 Å². The third kappa shape index (κ3) is 3.51.